The van der Waals surface area contributed by atoms with Gasteiger partial charge >= 0.3 is 0 Å². The van der Waals surface area contributed by atoms with Gasteiger partial charge in [-0.25, -0.2) is 9.97 Å². The van der Waals surface area contributed by atoms with Crippen LogP contribution in [0.3, 0.4) is 0 Å². The summed E-state index contributed by atoms with van der Waals surface area (Å²) < 4.78 is 2.04. The minimum absolute atomic E-state index is 0.0373. The van der Waals surface area contributed by atoms with E-state index in [9.17, 15) is 4.79 Å². The third kappa shape index (κ3) is 3.33. The second-order valence-corrected chi connectivity index (χ2v) is 7.40. The average Bonchev–Trinajstić information content (AvgIpc) is 3.00. The van der Waals surface area contributed by atoms with Crippen molar-refractivity contribution in [1.82, 2.24) is 24.4 Å². The Morgan fingerprint density at radius 3 is 2.80 bits per heavy atom. The lowest BCUT2D eigenvalue weighted by molar-refractivity contribution is 0.232. The van der Waals surface area contributed by atoms with Gasteiger partial charge in [0.05, 0.1) is 12.2 Å². The van der Waals surface area contributed by atoms with Crippen LogP contribution >= 0.6 is 0 Å². The first-order valence-corrected chi connectivity index (χ1v) is 9.15. The first-order chi connectivity index (χ1) is 12.1. The highest BCUT2D eigenvalue weighted by molar-refractivity contribution is 5.34. The maximum Gasteiger partial charge on any atom is 0.255 e. The number of aryl methyl sites for hydroxylation is 1. The highest BCUT2D eigenvalue weighted by Crippen LogP contribution is 2.22. The Bertz CT molecular complexity index is 802. The summed E-state index contributed by atoms with van der Waals surface area (Å²) in [6.07, 6.45) is 6.86. The van der Waals surface area contributed by atoms with Crippen molar-refractivity contribution < 1.29 is 0 Å². The standard InChI is InChI=1S/C18H26N6O/c1-13-3-8-24(9-4-13)18-20-15-11-23(7-5-14(15)17(25)21-18)12-16-19-6-10-22(16)2/h6,10,13H,3-5,7-9,11-12H2,1-2H3,(H,20,21,25). The molecule has 1 N–H and O–H groups in total. The van der Waals surface area contributed by atoms with E-state index < -0.39 is 0 Å². The normalized spacial score (nSPS) is 19.2. The quantitative estimate of drug-likeness (QED) is 0.910. The lowest BCUT2D eigenvalue weighted by Gasteiger charge is -2.32. The predicted octanol–water partition coefficient (Wildman–Crippen LogP) is 1.30. The van der Waals surface area contributed by atoms with Crippen molar-refractivity contribution in [3.8, 4) is 0 Å². The zero-order valence-corrected chi connectivity index (χ0v) is 15.0. The molecule has 0 aromatic carbocycles. The Morgan fingerprint density at radius 2 is 2.08 bits per heavy atom. The van der Waals surface area contributed by atoms with Crippen molar-refractivity contribution in [3.63, 3.8) is 0 Å². The topological polar surface area (TPSA) is 70.1 Å². The number of nitrogens with one attached hydrogen (secondary N) is 1. The van der Waals surface area contributed by atoms with E-state index in [1.807, 2.05) is 24.0 Å². The largest absolute Gasteiger partial charge is 0.342 e. The van der Waals surface area contributed by atoms with Gasteiger partial charge < -0.3 is 9.47 Å². The van der Waals surface area contributed by atoms with Crippen molar-refractivity contribution in [2.75, 3.05) is 24.5 Å². The van der Waals surface area contributed by atoms with E-state index in [1.54, 1.807) is 0 Å². The van der Waals surface area contributed by atoms with E-state index >= 15 is 0 Å². The minimum Gasteiger partial charge on any atom is -0.342 e. The summed E-state index contributed by atoms with van der Waals surface area (Å²) in [7, 11) is 2.01. The molecule has 1 saturated heterocycles. The summed E-state index contributed by atoms with van der Waals surface area (Å²) in [5.74, 6) is 2.54. The second kappa shape index (κ2) is 6.63. The molecule has 0 amide bonds. The summed E-state index contributed by atoms with van der Waals surface area (Å²) in [5, 5.41) is 0. The number of aromatic amines is 1. The minimum atomic E-state index is 0.0373. The highest BCUT2D eigenvalue weighted by atomic mass is 16.1. The molecule has 0 radical (unpaired) electrons. The zero-order chi connectivity index (χ0) is 17.4. The van der Waals surface area contributed by atoms with Gasteiger partial charge in [0.1, 0.15) is 5.82 Å². The molecule has 7 heteroatoms. The smallest absolute Gasteiger partial charge is 0.255 e. The van der Waals surface area contributed by atoms with Crippen molar-refractivity contribution >= 4 is 5.95 Å². The summed E-state index contributed by atoms with van der Waals surface area (Å²) in [6.45, 7) is 6.60. The van der Waals surface area contributed by atoms with Crippen LogP contribution in [0, 0.1) is 5.92 Å². The molecule has 2 aliphatic heterocycles. The van der Waals surface area contributed by atoms with Crippen LogP contribution in [-0.4, -0.2) is 44.1 Å². The Balaban J connectivity index is 1.54. The zero-order valence-electron chi connectivity index (χ0n) is 15.0. The van der Waals surface area contributed by atoms with E-state index in [0.29, 0.717) is 6.54 Å². The molecule has 4 rings (SSSR count). The van der Waals surface area contributed by atoms with Crippen LogP contribution in [0.2, 0.25) is 0 Å². The van der Waals surface area contributed by atoms with E-state index in [0.717, 1.165) is 74.4 Å². The molecule has 7 nitrogen and oxygen atoms in total. The number of piperidine rings is 1. The number of hydrogen-bond donors (Lipinski definition) is 1. The van der Waals surface area contributed by atoms with Gasteiger partial charge in [0.15, 0.2) is 0 Å². The number of H-pyrrole nitrogens is 1. The van der Waals surface area contributed by atoms with E-state index in [2.05, 4.69) is 26.7 Å². The number of nitrogens with zero attached hydrogens (tertiary/aromatic N) is 5. The first-order valence-electron chi connectivity index (χ1n) is 9.15. The van der Waals surface area contributed by atoms with Gasteiger partial charge in [0.2, 0.25) is 5.95 Å². The Hall–Kier alpha value is -2.15. The fraction of sp³-hybridized carbons (Fsp3) is 0.611. The van der Waals surface area contributed by atoms with E-state index in [-0.39, 0.29) is 5.56 Å². The molecular formula is C18H26N6O. The van der Waals surface area contributed by atoms with E-state index in [1.165, 1.54) is 0 Å². The maximum absolute atomic E-state index is 12.5. The fourth-order valence-corrected chi connectivity index (χ4v) is 3.73. The molecule has 0 spiro atoms. The third-order valence-electron chi connectivity index (χ3n) is 5.51. The highest BCUT2D eigenvalue weighted by Gasteiger charge is 2.24. The number of rotatable bonds is 3. The molecule has 2 aromatic heterocycles. The maximum atomic E-state index is 12.5. The molecule has 0 saturated carbocycles. The predicted molar refractivity (Wildman–Crippen MR) is 96.5 cm³/mol. The SMILES string of the molecule is CC1CCN(c2nc3c(c(=O)[nH]2)CCN(Cc2nccn2C)C3)CC1. The lowest BCUT2D eigenvalue weighted by atomic mass is 9.99. The third-order valence-corrected chi connectivity index (χ3v) is 5.51. The van der Waals surface area contributed by atoms with Gasteiger partial charge in [0, 0.05) is 51.2 Å². The Labute approximate surface area is 147 Å². The molecule has 0 bridgehead atoms. The van der Waals surface area contributed by atoms with Crippen LogP contribution in [0.1, 0.15) is 36.8 Å². The van der Waals surface area contributed by atoms with Crippen molar-refractivity contribution in [3.05, 3.63) is 39.8 Å². The Kier molecular flexibility index (Phi) is 4.33. The summed E-state index contributed by atoms with van der Waals surface area (Å²) in [4.78, 5) is 29.3. The van der Waals surface area contributed by atoms with Crippen molar-refractivity contribution in [2.24, 2.45) is 13.0 Å². The number of hydrogen-bond acceptors (Lipinski definition) is 5. The van der Waals surface area contributed by atoms with Crippen LogP contribution in [0.25, 0.3) is 0 Å². The summed E-state index contributed by atoms with van der Waals surface area (Å²) >= 11 is 0. The molecular weight excluding hydrogens is 316 g/mol. The van der Waals surface area contributed by atoms with Gasteiger partial charge in [-0.1, -0.05) is 6.92 Å². The van der Waals surface area contributed by atoms with Gasteiger partial charge in [-0.05, 0) is 25.2 Å². The number of imidazole rings is 1. The molecule has 2 aliphatic rings. The van der Waals surface area contributed by atoms with E-state index in [4.69, 9.17) is 4.98 Å². The summed E-state index contributed by atoms with van der Waals surface area (Å²) in [6, 6.07) is 0. The van der Waals surface area contributed by atoms with Gasteiger partial charge in [-0.15, -0.1) is 0 Å². The molecule has 4 heterocycles. The van der Waals surface area contributed by atoms with Gasteiger partial charge in [-0.3, -0.25) is 14.7 Å². The molecule has 2 aromatic rings. The first kappa shape index (κ1) is 16.3. The van der Waals surface area contributed by atoms with Crippen LogP contribution in [0.5, 0.6) is 0 Å². The van der Waals surface area contributed by atoms with Crippen LogP contribution in [0.4, 0.5) is 5.95 Å². The molecule has 25 heavy (non-hydrogen) atoms. The fourth-order valence-electron chi connectivity index (χ4n) is 3.73. The molecule has 0 atom stereocenters. The number of anilines is 1. The Morgan fingerprint density at radius 1 is 1.28 bits per heavy atom. The monoisotopic (exact) mass is 342 g/mol. The lowest BCUT2D eigenvalue weighted by Crippen LogP contribution is -2.39. The number of aromatic nitrogens is 4. The van der Waals surface area contributed by atoms with Crippen molar-refractivity contribution in [2.45, 2.75) is 39.3 Å². The van der Waals surface area contributed by atoms with Gasteiger partial charge in [0.25, 0.3) is 5.56 Å². The van der Waals surface area contributed by atoms with Crippen LogP contribution in [-0.2, 0) is 26.6 Å². The molecule has 0 aliphatic carbocycles. The summed E-state index contributed by atoms with van der Waals surface area (Å²) in [5.41, 5.74) is 1.82. The van der Waals surface area contributed by atoms with Crippen LogP contribution < -0.4 is 10.5 Å². The average molecular weight is 342 g/mol. The molecule has 134 valence electrons. The molecule has 1 fully saturated rings. The number of fused-ring (bicyclic) bond motifs is 1. The van der Waals surface area contributed by atoms with Gasteiger partial charge in [-0.2, -0.15) is 0 Å². The van der Waals surface area contributed by atoms with Crippen LogP contribution in [0.15, 0.2) is 17.2 Å². The van der Waals surface area contributed by atoms with Crippen molar-refractivity contribution in [1.29, 1.82) is 0 Å². The second-order valence-electron chi connectivity index (χ2n) is 7.40. The molecule has 0 unspecified atom stereocenters.